The smallest absolute Gasteiger partial charge is 0.142 e. The molecule has 0 bridgehead atoms. The summed E-state index contributed by atoms with van der Waals surface area (Å²) in [5.74, 6) is 5.76. The lowest BCUT2D eigenvalue weighted by Crippen LogP contribution is -2.32. The van der Waals surface area contributed by atoms with Gasteiger partial charge in [-0.1, -0.05) is 0 Å². The summed E-state index contributed by atoms with van der Waals surface area (Å²) in [6, 6.07) is 0. The van der Waals surface area contributed by atoms with Gasteiger partial charge in [0.1, 0.15) is 5.78 Å². The van der Waals surface area contributed by atoms with E-state index in [9.17, 15) is 9.90 Å². The molecule has 66 valence electrons. The number of ketones is 1. The van der Waals surface area contributed by atoms with E-state index in [0.29, 0.717) is 19.3 Å². The summed E-state index contributed by atoms with van der Waals surface area (Å²) in [6.07, 6.45) is 1.10. The SMILES string of the molecule is CC#CC[C@]1(C)C(=O)CC[C@@H]1O. The lowest BCUT2D eigenvalue weighted by atomic mass is 9.82. The lowest BCUT2D eigenvalue weighted by molar-refractivity contribution is -0.127. The second kappa shape index (κ2) is 3.28. The van der Waals surface area contributed by atoms with E-state index >= 15 is 0 Å². The highest BCUT2D eigenvalue weighted by molar-refractivity contribution is 5.87. The summed E-state index contributed by atoms with van der Waals surface area (Å²) >= 11 is 0. The number of carbonyl (C=O) groups excluding carboxylic acids is 1. The van der Waals surface area contributed by atoms with Crippen LogP contribution < -0.4 is 0 Å². The van der Waals surface area contributed by atoms with E-state index < -0.39 is 11.5 Å². The standard InChI is InChI=1S/C10H14O2/c1-3-4-7-10(2)8(11)5-6-9(10)12/h8,11H,5-7H2,1-2H3/t8-,10-/m0/s1. The quantitative estimate of drug-likeness (QED) is 0.593. The van der Waals surface area contributed by atoms with Gasteiger partial charge in [0, 0.05) is 12.8 Å². The molecular weight excluding hydrogens is 152 g/mol. The van der Waals surface area contributed by atoms with E-state index in [4.69, 9.17) is 0 Å². The van der Waals surface area contributed by atoms with E-state index in [-0.39, 0.29) is 5.78 Å². The molecule has 0 spiro atoms. The summed E-state index contributed by atoms with van der Waals surface area (Å²) in [4.78, 5) is 11.4. The Morgan fingerprint density at radius 1 is 1.75 bits per heavy atom. The van der Waals surface area contributed by atoms with Crippen molar-refractivity contribution in [3.05, 3.63) is 0 Å². The van der Waals surface area contributed by atoms with Gasteiger partial charge in [-0.3, -0.25) is 4.79 Å². The van der Waals surface area contributed by atoms with E-state index in [1.165, 1.54) is 0 Å². The molecule has 0 saturated heterocycles. The monoisotopic (exact) mass is 166 g/mol. The van der Waals surface area contributed by atoms with Crippen molar-refractivity contribution in [2.75, 3.05) is 0 Å². The van der Waals surface area contributed by atoms with E-state index in [1.54, 1.807) is 13.8 Å². The zero-order valence-corrected chi connectivity index (χ0v) is 7.55. The molecule has 2 nitrogen and oxygen atoms in total. The van der Waals surface area contributed by atoms with Gasteiger partial charge < -0.3 is 5.11 Å². The largest absolute Gasteiger partial charge is 0.392 e. The average molecular weight is 166 g/mol. The number of carbonyl (C=O) groups is 1. The Hall–Kier alpha value is -0.810. The third-order valence-electron chi connectivity index (χ3n) is 2.65. The Bertz CT molecular complexity index is 246. The molecule has 0 heterocycles. The van der Waals surface area contributed by atoms with E-state index in [1.807, 2.05) is 0 Å². The fraction of sp³-hybridized carbons (Fsp3) is 0.700. The minimum atomic E-state index is -0.594. The molecule has 0 aromatic carbocycles. The highest BCUT2D eigenvalue weighted by Gasteiger charge is 2.44. The highest BCUT2D eigenvalue weighted by atomic mass is 16.3. The molecule has 12 heavy (non-hydrogen) atoms. The maximum atomic E-state index is 11.4. The number of aliphatic hydroxyl groups is 1. The Kier molecular flexibility index (Phi) is 2.54. The van der Waals surface area contributed by atoms with Gasteiger partial charge in [-0.25, -0.2) is 0 Å². The summed E-state index contributed by atoms with van der Waals surface area (Å²) < 4.78 is 0. The molecule has 1 saturated carbocycles. The Morgan fingerprint density at radius 3 is 2.83 bits per heavy atom. The summed E-state index contributed by atoms with van der Waals surface area (Å²) in [5.41, 5.74) is -0.594. The molecule has 2 atom stereocenters. The summed E-state index contributed by atoms with van der Waals surface area (Å²) in [7, 11) is 0. The van der Waals surface area contributed by atoms with Crippen LogP contribution in [0.2, 0.25) is 0 Å². The average Bonchev–Trinajstić information content (AvgIpc) is 2.30. The normalized spacial score (nSPS) is 34.6. The fourth-order valence-corrected chi connectivity index (χ4v) is 1.55. The van der Waals surface area contributed by atoms with Gasteiger partial charge in [0.25, 0.3) is 0 Å². The maximum Gasteiger partial charge on any atom is 0.142 e. The zero-order valence-electron chi connectivity index (χ0n) is 7.55. The van der Waals surface area contributed by atoms with Crippen LogP contribution in [0.4, 0.5) is 0 Å². The lowest BCUT2D eigenvalue weighted by Gasteiger charge is -2.23. The first-order valence-electron chi connectivity index (χ1n) is 4.22. The molecule has 1 aliphatic rings. The third kappa shape index (κ3) is 1.37. The Morgan fingerprint density at radius 2 is 2.42 bits per heavy atom. The summed E-state index contributed by atoms with van der Waals surface area (Å²) in [5, 5.41) is 9.56. The molecule has 0 aliphatic heterocycles. The number of hydrogen-bond acceptors (Lipinski definition) is 2. The molecule has 1 N–H and O–H groups in total. The topological polar surface area (TPSA) is 37.3 Å². The van der Waals surface area contributed by atoms with Crippen molar-refractivity contribution in [1.82, 2.24) is 0 Å². The Labute approximate surface area is 73.0 Å². The number of Topliss-reactive ketones (excluding diaryl/α,β-unsaturated/α-hetero) is 1. The van der Waals surface area contributed by atoms with Crippen LogP contribution in [0.25, 0.3) is 0 Å². The molecule has 0 aromatic rings. The van der Waals surface area contributed by atoms with Gasteiger partial charge in [0.2, 0.25) is 0 Å². The van der Waals surface area contributed by atoms with E-state index in [0.717, 1.165) is 0 Å². The first kappa shape index (κ1) is 9.28. The molecule has 0 aromatic heterocycles. The van der Waals surface area contributed by atoms with E-state index in [2.05, 4.69) is 11.8 Å². The predicted octanol–water partition coefficient (Wildman–Crippen LogP) is 1.13. The third-order valence-corrected chi connectivity index (χ3v) is 2.65. The molecule has 0 amide bonds. The van der Waals surface area contributed by atoms with Crippen molar-refractivity contribution >= 4 is 5.78 Å². The number of aliphatic hydroxyl groups excluding tert-OH is 1. The highest BCUT2D eigenvalue weighted by Crippen LogP contribution is 2.37. The molecule has 0 radical (unpaired) electrons. The van der Waals surface area contributed by atoms with Crippen LogP contribution in [-0.4, -0.2) is 17.0 Å². The van der Waals surface area contributed by atoms with Crippen LogP contribution in [-0.2, 0) is 4.79 Å². The van der Waals surface area contributed by atoms with Gasteiger partial charge in [-0.15, -0.1) is 11.8 Å². The van der Waals surface area contributed by atoms with Crippen molar-refractivity contribution in [1.29, 1.82) is 0 Å². The fourth-order valence-electron chi connectivity index (χ4n) is 1.55. The van der Waals surface area contributed by atoms with Crippen molar-refractivity contribution in [3.63, 3.8) is 0 Å². The minimum Gasteiger partial charge on any atom is -0.392 e. The summed E-state index contributed by atoms with van der Waals surface area (Å²) in [6.45, 7) is 3.55. The maximum absolute atomic E-state index is 11.4. The number of hydrogen-bond donors (Lipinski definition) is 1. The van der Waals surface area contributed by atoms with Crippen molar-refractivity contribution in [2.24, 2.45) is 5.41 Å². The van der Waals surface area contributed by atoms with Gasteiger partial charge >= 0.3 is 0 Å². The first-order chi connectivity index (χ1) is 5.61. The van der Waals surface area contributed by atoms with Gasteiger partial charge in [0.05, 0.1) is 11.5 Å². The van der Waals surface area contributed by atoms with Crippen molar-refractivity contribution in [2.45, 2.75) is 39.2 Å². The first-order valence-corrected chi connectivity index (χ1v) is 4.22. The van der Waals surface area contributed by atoms with Crippen LogP contribution in [0.15, 0.2) is 0 Å². The molecule has 1 fully saturated rings. The number of rotatable bonds is 1. The van der Waals surface area contributed by atoms with Gasteiger partial charge in [-0.05, 0) is 20.3 Å². The van der Waals surface area contributed by atoms with Crippen LogP contribution in [0.3, 0.4) is 0 Å². The molecular formula is C10H14O2. The molecule has 2 heteroatoms. The Balaban J connectivity index is 2.77. The van der Waals surface area contributed by atoms with Crippen LogP contribution in [0.5, 0.6) is 0 Å². The molecule has 1 aliphatic carbocycles. The van der Waals surface area contributed by atoms with Crippen LogP contribution in [0.1, 0.15) is 33.1 Å². The van der Waals surface area contributed by atoms with Gasteiger partial charge in [-0.2, -0.15) is 0 Å². The second-order valence-electron chi connectivity index (χ2n) is 3.50. The zero-order chi connectivity index (χ0) is 9.19. The van der Waals surface area contributed by atoms with Crippen LogP contribution in [0, 0.1) is 17.3 Å². The molecule has 1 rings (SSSR count). The predicted molar refractivity (Wildman–Crippen MR) is 46.4 cm³/mol. The second-order valence-corrected chi connectivity index (χ2v) is 3.50. The van der Waals surface area contributed by atoms with Crippen molar-refractivity contribution in [3.8, 4) is 11.8 Å². The van der Waals surface area contributed by atoms with Crippen molar-refractivity contribution < 1.29 is 9.90 Å². The molecule has 0 unspecified atom stereocenters. The van der Waals surface area contributed by atoms with Crippen LogP contribution >= 0.6 is 0 Å². The van der Waals surface area contributed by atoms with Gasteiger partial charge in [0.15, 0.2) is 0 Å². The minimum absolute atomic E-state index is 0.151.